The van der Waals surface area contributed by atoms with Crippen LogP contribution in [-0.2, 0) is 26.0 Å². The first-order valence-electron chi connectivity index (χ1n) is 11.8. The number of carbonyl (C=O) groups excluding carboxylic acids is 3. The summed E-state index contributed by atoms with van der Waals surface area (Å²) in [4.78, 5) is 38.7. The van der Waals surface area contributed by atoms with Crippen LogP contribution in [0.25, 0.3) is 0 Å². The molecule has 0 radical (unpaired) electrons. The largest absolute Gasteiger partial charge is 0.326 e. The van der Waals surface area contributed by atoms with Gasteiger partial charge < -0.3 is 10.6 Å². The van der Waals surface area contributed by atoms with Crippen molar-refractivity contribution >= 4 is 33.6 Å². The molecule has 2 aromatic rings. The van der Waals surface area contributed by atoms with Gasteiger partial charge in [-0.3, -0.25) is 14.5 Å². The molecular formula is C25H30N4O5S. The molecule has 0 bridgehead atoms. The van der Waals surface area contributed by atoms with E-state index in [2.05, 4.69) is 10.6 Å². The minimum Gasteiger partial charge on any atom is -0.326 e. The van der Waals surface area contributed by atoms with Gasteiger partial charge in [0.05, 0.1) is 4.90 Å². The van der Waals surface area contributed by atoms with Crippen molar-refractivity contribution in [3.05, 3.63) is 59.7 Å². The number of piperidine rings is 1. The lowest BCUT2D eigenvalue weighted by Gasteiger charge is -2.26. The number of nitrogens with one attached hydrogen (secondary N) is 2. The molecule has 2 heterocycles. The Balaban J connectivity index is 1.39. The number of rotatable bonds is 8. The van der Waals surface area contributed by atoms with Crippen molar-refractivity contribution in [3.8, 4) is 0 Å². The average Bonchev–Trinajstić information content (AvgIpc) is 3.12. The summed E-state index contributed by atoms with van der Waals surface area (Å²) in [6.07, 6.45) is 3.72. The van der Waals surface area contributed by atoms with Crippen LogP contribution in [0, 0.1) is 6.92 Å². The minimum absolute atomic E-state index is 0.146. The molecule has 2 saturated heterocycles. The highest BCUT2D eigenvalue weighted by atomic mass is 32.2. The Morgan fingerprint density at radius 1 is 1.06 bits per heavy atom. The Hall–Kier alpha value is -3.24. The molecule has 0 aliphatic carbocycles. The highest BCUT2D eigenvalue weighted by Gasteiger charge is 2.38. The molecule has 2 fully saturated rings. The van der Waals surface area contributed by atoms with E-state index in [1.165, 1.54) is 10.4 Å². The quantitative estimate of drug-likeness (QED) is 0.543. The molecule has 1 unspecified atom stereocenters. The van der Waals surface area contributed by atoms with E-state index in [4.69, 9.17) is 0 Å². The number of nitrogens with zero attached hydrogens (tertiary/aromatic N) is 2. The summed E-state index contributed by atoms with van der Waals surface area (Å²) in [5.74, 6) is -1.03. The third-order valence-corrected chi connectivity index (χ3v) is 8.42. The van der Waals surface area contributed by atoms with Crippen LogP contribution in [-0.4, -0.2) is 61.1 Å². The summed E-state index contributed by atoms with van der Waals surface area (Å²) < 4.78 is 27.7. The van der Waals surface area contributed by atoms with Crippen LogP contribution in [0.3, 0.4) is 0 Å². The molecular weight excluding hydrogens is 468 g/mol. The van der Waals surface area contributed by atoms with Crippen molar-refractivity contribution < 1.29 is 22.8 Å². The zero-order valence-electron chi connectivity index (χ0n) is 19.7. The number of hydrogen-bond acceptors (Lipinski definition) is 5. The van der Waals surface area contributed by atoms with Gasteiger partial charge in [-0.25, -0.2) is 13.2 Å². The van der Waals surface area contributed by atoms with E-state index in [1.54, 1.807) is 19.1 Å². The van der Waals surface area contributed by atoms with Gasteiger partial charge in [-0.1, -0.05) is 42.8 Å². The summed E-state index contributed by atoms with van der Waals surface area (Å²) in [6.45, 7) is 2.23. The summed E-state index contributed by atoms with van der Waals surface area (Å²) in [6, 6.07) is 13.0. The maximum absolute atomic E-state index is 13.1. The fraction of sp³-hybridized carbons (Fsp3) is 0.400. The Morgan fingerprint density at radius 2 is 1.77 bits per heavy atom. The van der Waals surface area contributed by atoms with Crippen LogP contribution in [0.2, 0.25) is 0 Å². The monoisotopic (exact) mass is 498 g/mol. The van der Waals surface area contributed by atoms with Crippen LogP contribution >= 0.6 is 0 Å². The zero-order chi connectivity index (χ0) is 25.0. The van der Waals surface area contributed by atoms with E-state index in [9.17, 15) is 22.8 Å². The van der Waals surface area contributed by atoms with Crippen molar-refractivity contribution in [1.82, 2.24) is 14.5 Å². The van der Waals surface area contributed by atoms with Crippen LogP contribution < -0.4 is 10.6 Å². The summed E-state index contributed by atoms with van der Waals surface area (Å²) in [5, 5.41) is 5.27. The van der Waals surface area contributed by atoms with Gasteiger partial charge in [-0.15, -0.1) is 0 Å². The van der Waals surface area contributed by atoms with Crippen LogP contribution in [0.1, 0.15) is 36.8 Å². The number of sulfonamides is 1. The normalized spacial score (nSPS) is 19.0. The molecule has 2 N–H and O–H groups in total. The molecule has 0 aromatic heterocycles. The second-order valence-electron chi connectivity index (χ2n) is 8.94. The molecule has 4 rings (SSSR count). The Kier molecular flexibility index (Phi) is 7.51. The van der Waals surface area contributed by atoms with Gasteiger partial charge in [0.1, 0.15) is 12.6 Å². The van der Waals surface area contributed by atoms with Crippen molar-refractivity contribution in [2.75, 3.05) is 25.0 Å². The van der Waals surface area contributed by atoms with E-state index in [1.807, 2.05) is 30.3 Å². The van der Waals surface area contributed by atoms with E-state index in [-0.39, 0.29) is 4.90 Å². The van der Waals surface area contributed by atoms with Gasteiger partial charge in [0.2, 0.25) is 15.9 Å². The fourth-order valence-corrected chi connectivity index (χ4v) is 6.19. The van der Waals surface area contributed by atoms with Gasteiger partial charge in [0, 0.05) is 18.8 Å². The number of hydrogen-bond donors (Lipinski definition) is 2. The van der Waals surface area contributed by atoms with Crippen LogP contribution in [0.5, 0.6) is 0 Å². The van der Waals surface area contributed by atoms with Crippen LogP contribution in [0.4, 0.5) is 10.5 Å². The lowest BCUT2D eigenvalue weighted by molar-refractivity contribution is -0.130. The van der Waals surface area contributed by atoms with Crippen molar-refractivity contribution in [2.24, 2.45) is 0 Å². The third kappa shape index (κ3) is 5.71. The number of carbonyl (C=O) groups is 3. The van der Waals surface area contributed by atoms with Gasteiger partial charge in [-0.05, 0) is 55.9 Å². The number of aryl methyl sites for hydroxylation is 2. The lowest BCUT2D eigenvalue weighted by Crippen LogP contribution is -2.38. The number of amides is 4. The third-order valence-electron chi connectivity index (χ3n) is 6.38. The topological polar surface area (TPSA) is 116 Å². The summed E-state index contributed by atoms with van der Waals surface area (Å²) in [5.41, 5.74) is 1.94. The summed E-state index contributed by atoms with van der Waals surface area (Å²) >= 11 is 0. The van der Waals surface area contributed by atoms with Crippen molar-refractivity contribution in [2.45, 2.75) is 50.0 Å². The average molecular weight is 499 g/mol. The molecule has 0 spiro atoms. The number of urea groups is 1. The number of imide groups is 1. The molecule has 1 atom stereocenters. The zero-order valence-corrected chi connectivity index (χ0v) is 20.5. The maximum Gasteiger partial charge on any atom is 0.325 e. The number of anilines is 1. The van der Waals surface area contributed by atoms with E-state index in [0.29, 0.717) is 37.2 Å². The predicted octanol–water partition coefficient (Wildman–Crippen LogP) is 2.66. The second-order valence-corrected chi connectivity index (χ2v) is 10.9. The predicted molar refractivity (Wildman–Crippen MR) is 131 cm³/mol. The fourth-order valence-electron chi connectivity index (χ4n) is 4.42. The SMILES string of the molecule is Cc1ccc(NC(=O)CN2C(=O)NC(CCc3ccccc3)C2=O)cc1S(=O)(=O)N1CCCCC1. The lowest BCUT2D eigenvalue weighted by atomic mass is 10.1. The first-order chi connectivity index (χ1) is 16.8. The minimum atomic E-state index is -3.67. The Labute approximate surface area is 205 Å². The molecule has 10 heteroatoms. The van der Waals surface area contributed by atoms with E-state index in [0.717, 1.165) is 29.7 Å². The molecule has 35 heavy (non-hydrogen) atoms. The van der Waals surface area contributed by atoms with Gasteiger partial charge in [0.15, 0.2) is 0 Å². The molecule has 2 aliphatic heterocycles. The first kappa shape index (κ1) is 24.9. The highest BCUT2D eigenvalue weighted by molar-refractivity contribution is 7.89. The molecule has 0 saturated carbocycles. The van der Waals surface area contributed by atoms with E-state index >= 15 is 0 Å². The van der Waals surface area contributed by atoms with Gasteiger partial charge >= 0.3 is 6.03 Å². The van der Waals surface area contributed by atoms with Gasteiger partial charge in [-0.2, -0.15) is 4.31 Å². The van der Waals surface area contributed by atoms with Gasteiger partial charge in [0.25, 0.3) is 5.91 Å². The molecule has 186 valence electrons. The molecule has 2 aromatic carbocycles. The highest BCUT2D eigenvalue weighted by Crippen LogP contribution is 2.26. The second kappa shape index (κ2) is 10.6. The Morgan fingerprint density at radius 3 is 2.49 bits per heavy atom. The number of benzene rings is 2. The molecule has 4 amide bonds. The molecule has 2 aliphatic rings. The van der Waals surface area contributed by atoms with Crippen molar-refractivity contribution in [1.29, 1.82) is 0 Å². The smallest absolute Gasteiger partial charge is 0.325 e. The maximum atomic E-state index is 13.1. The summed E-state index contributed by atoms with van der Waals surface area (Å²) in [7, 11) is -3.67. The Bertz CT molecular complexity index is 1210. The van der Waals surface area contributed by atoms with E-state index < -0.39 is 40.5 Å². The van der Waals surface area contributed by atoms with Crippen LogP contribution in [0.15, 0.2) is 53.4 Å². The standard InChI is InChI=1S/C25H30N4O5S/c1-18-10-12-20(16-22(18)35(33,34)28-14-6-3-7-15-28)26-23(30)17-29-24(31)21(27-25(29)32)13-11-19-8-4-2-5-9-19/h2,4-5,8-10,12,16,21H,3,6-7,11,13-15,17H2,1H3,(H,26,30)(H,27,32). The molecule has 9 nitrogen and oxygen atoms in total. The van der Waals surface area contributed by atoms with Crippen molar-refractivity contribution in [3.63, 3.8) is 0 Å². The first-order valence-corrected chi connectivity index (χ1v) is 13.3.